The molecule has 1 aromatic rings. The number of hydrogen-bond acceptors (Lipinski definition) is 3. The molecule has 6 heteroatoms. The van der Waals surface area contributed by atoms with Crippen LogP contribution < -0.4 is 10.6 Å². The molecule has 1 atom stereocenters. The molecule has 25 heavy (non-hydrogen) atoms. The van der Waals surface area contributed by atoms with Crippen molar-refractivity contribution in [3.63, 3.8) is 0 Å². The maximum Gasteiger partial charge on any atom is 0.238 e. The van der Waals surface area contributed by atoms with Gasteiger partial charge in [-0.15, -0.1) is 0 Å². The van der Waals surface area contributed by atoms with Crippen molar-refractivity contribution in [1.82, 2.24) is 10.2 Å². The Morgan fingerprint density at radius 2 is 1.84 bits per heavy atom. The first-order valence-electron chi connectivity index (χ1n) is 8.94. The molecule has 2 rings (SSSR count). The summed E-state index contributed by atoms with van der Waals surface area (Å²) in [4.78, 5) is 26.6. The third-order valence-corrected chi connectivity index (χ3v) is 5.53. The van der Waals surface area contributed by atoms with E-state index in [4.69, 9.17) is 0 Å². The van der Waals surface area contributed by atoms with Crippen molar-refractivity contribution < 1.29 is 9.59 Å². The van der Waals surface area contributed by atoms with E-state index in [1.807, 2.05) is 31.2 Å². The lowest BCUT2D eigenvalue weighted by Crippen LogP contribution is -2.45. The van der Waals surface area contributed by atoms with E-state index in [2.05, 4.69) is 45.3 Å². The number of amides is 2. The van der Waals surface area contributed by atoms with Gasteiger partial charge in [-0.05, 0) is 66.8 Å². The van der Waals surface area contributed by atoms with Crippen molar-refractivity contribution in [2.75, 3.05) is 25.0 Å². The highest BCUT2D eigenvalue weighted by Crippen LogP contribution is 2.22. The van der Waals surface area contributed by atoms with Gasteiger partial charge in [0.1, 0.15) is 0 Å². The van der Waals surface area contributed by atoms with Crippen LogP contribution >= 0.6 is 15.9 Å². The average molecular weight is 410 g/mol. The molecule has 2 amide bonds. The highest BCUT2D eigenvalue weighted by molar-refractivity contribution is 9.10. The van der Waals surface area contributed by atoms with Crippen molar-refractivity contribution in [2.45, 2.75) is 39.7 Å². The largest absolute Gasteiger partial charge is 0.353 e. The zero-order chi connectivity index (χ0) is 18.4. The van der Waals surface area contributed by atoms with Gasteiger partial charge < -0.3 is 10.6 Å². The number of para-hydroxylation sites is 1. The molecule has 1 unspecified atom stereocenters. The number of piperidine rings is 1. The molecular formula is C19H28BrN3O2. The zero-order valence-corrected chi connectivity index (χ0v) is 16.8. The highest BCUT2D eigenvalue weighted by atomic mass is 79.9. The minimum Gasteiger partial charge on any atom is -0.353 e. The van der Waals surface area contributed by atoms with Gasteiger partial charge in [-0.25, -0.2) is 0 Å². The van der Waals surface area contributed by atoms with Crippen LogP contribution in [0.15, 0.2) is 28.7 Å². The molecule has 1 aliphatic rings. The number of rotatable bonds is 6. The topological polar surface area (TPSA) is 61.4 Å². The van der Waals surface area contributed by atoms with Crippen molar-refractivity contribution >= 4 is 33.4 Å². The number of halogens is 1. The maximum absolute atomic E-state index is 12.3. The lowest BCUT2D eigenvalue weighted by molar-refractivity contribution is -0.127. The maximum atomic E-state index is 12.3. The lowest BCUT2D eigenvalue weighted by Gasteiger charge is -2.31. The molecule has 0 aliphatic carbocycles. The fourth-order valence-corrected chi connectivity index (χ4v) is 3.20. The van der Waals surface area contributed by atoms with Crippen LogP contribution in [0.4, 0.5) is 5.69 Å². The zero-order valence-electron chi connectivity index (χ0n) is 15.2. The second kappa shape index (κ2) is 9.34. The molecule has 0 aromatic heterocycles. The van der Waals surface area contributed by atoms with Crippen LogP contribution in [0.1, 0.15) is 33.6 Å². The molecule has 0 spiro atoms. The Bertz CT molecular complexity index is 598. The Kier molecular flexibility index (Phi) is 7.44. The van der Waals surface area contributed by atoms with Crippen molar-refractivity contribution in [1.29, 1.82) is 0 Å². The standard InChI is InChI=1S/C19H28BrN3O2/c1-13(2)14(3)21-19(25)15-8-10-23(11-9-15)12-18(24)22-17-7-5-4-6-16(17)20/h4-7,13-15H,8-12H2,1-3H3,(H,21,25)(H,22,24). The van der Waals surface area contributed by atoms with Gasteiger partial charge >= 0.3 is 0 Å². The second-order valence-corrected chi connectivity index (χ2v) is 7.97. The summed E-state index contributed by atoms with van der Waals surface area (Å²) in [5.74, 6) is 0.621. The van der Waals surface area contributed by atoms with E-state index in [9.17, 15) is 9.59 Å². The van der Waals surface area contributed by atoms with Crippen molar-refractivity contribution in [2.24, 2.45) is 11.8 Å². The second-order valence-electron chi connectivity index (χ2n) is 7.12. The predicted octanol–water partition coefficient (Wildman–Crippen LogP) is 3.26. The van der Waals surface area contributed by atoms with E-state index in [1.165, 1.54) is 0 Å². The normalized spacial score (nSPS) is 17.3. The number of likely N-dealkylation sites (tertiary alicyclic amines) is 1. The average Bonchev–Trinajstić information content (AvgIpc) is 2.57. The van der Waals surface area contributed by atoms with Crippen LogP contribution in [-0.2, 0) is 9.59 Å². The Balaban J connectivity index is 1.75. The Hall–Kier alpha value is -1.40. The first-order valence-corrected chi connectivity index (χ1v) is 9.73. The van der Waals surface area contributed by atoms with Gasteiger partial charge in [0.2, 0.25) is 11.8 Å². The van der Waals surface area contributed by atoms with Gasteiger partial charge in [0.15, 0.2) is 0 Å². The summed E-state index contributed by atoms with van der Waals surface area (Å²) in [5, 5.41) is 6.02. The van der Waals surface area contributed by atoms with Gasteiger partial charge in [0.25, 0.3) is 0 Å². The van der Waals surface area contributed by atoms with E-state index in [1.54, 1.807) is 0 Å². The third kappa shape index (κ3) is 6.12. The Labute approximate surface area is 158 Å². The van der Waals surface area contributed by atoms with E-state index >= 15 is 0 Å². The van der Waals surface area contributed by atoms with Crippen LogP contribution in [0.3, 0.4) is 0 Å². The van der Waals surface area contributed by atoms with Crippen LogP contribution in [0.2, 0.25) is 0 Å². The Morgan fingerprint density at radius 1 is 1.20 bits per heavy atom. The number of carbonyl (C=O) groups excluding carboxylic acids is 2. The molecule has 1 saturated heterocycles. The molecule has 1 fully saturated rings. The van der Waals surface area contributed by atoms with Crippen LogP contribution in [0.5, 0.6) is 0 Å². The van der Waals surface area contributed by atoms with Gasteiger partial charge in [-0.2, -0.15) is 0 Å². The summed E-state index contributed by atoms with van der Waals surface area (Å²) >= 11 is 3.43. The van der Waals surface area contributed by atoms with Crippen LogP contribution in [-0.4, -0.2) is 42.4 Å². The number of hydrogen-bond donors (Lipinski definition) is 2. The smallest absolute Gasteiger partial charge is 0.238 e. The Morgan fingerprint density at radius 3 is 2.44 bits per heavy atom. The van der Waals surface area contributed by atoms with Crippen molar-refractivity contribution in [3.8, 4) is 0 Å². The molecule has 1 aromatic carbocycles. The third-order valence-electron chi connectivity index (χ3n) is 4.84. The quantitative estimate of drug-likeness (QED) is 0.757. The van der Waals surface area contributed by atoms with Gasteiger partial charge in [0.05, 0.1) is 12.2 Å². The van der Waals surface area contributed by atoms with E-state index in [0.717, 1.165) is 36.1 Å². The predicted molar refractivity (Wildman–Crippen MR) is 104 cm³/mol. The first kappa shape index (κ1) is 19.9. The number of anilines is 1. The minimum atomic E-state index is -0.0248. The fourth-order valence-electron chi connectivity index (χ4n) is 2.82. The molecule has 0 saturated carbocycles. The van der Waals surface area contributed by atoms with Gasteiger partial charge in [0, 0.05) is 16.4 Å². The highest BCUT2D eigenvalue weighted by Gasteiger charge is 2.27. The molecule has 0 radical (unpaired) electrons. The summed E-state index contributed by atoms with van der Waals surface area (Å²) in [6.45, 7) is 8.17. The molecule has 1 aliphatic heterocycles. The number of carbonyl (C=O) groups is 2. The monoisotopic (exact) mass is 409 g/mol. The number of benzene rings is 1. The van der Waals surface area contributed by atoms with E-state index in [-0.39, 0.29) is 23.8 Å². The molecule has 2 N–H and O–H groups in total. The molecular weight excluding hydrogens is 382 g/mol. The molecule has 1 heterocycles. The first-order chi connectivity index (χ1) is 11.9. The summed E-state index contributed by atoms with van der Waals surface area (Å²) < 4.78 is 0.873. The summed E-state index contributed by atoms with van der Waals surface area (Å²) in [6, 6.07) is 7.77. The van der Waals surface area contributed by atoms with Crippen LogP contribution in [0, 0.1) is 11.8 Å². The van der Waals surface area contributed by atoms with E-state index < -0.39 is 0 Å². The van der Waals surface area contributed by atoms with Gasteiger partial charge in [-0.3, -0.25) is 14.5 Å². The molecule has 5 nitrogen and oxygen atoms in total. The molecule has 0 bridgehead atoms. The van der Waals surface area contributed by atoms with Crippen molar-refractivity contribution in [3.05, 3.63) is 28.7 Å². The summed E-state index contributed by atoms with van der Waals surface area (Å²) in [7, 11) is 0. The number of nitrogens with one attached hydrogen (secondary N) is 2. The van der Waals surface area contributed by atoms with Crippen LogP contribution in [0.25, 0.3) is 0 Å². The summed E-state index contributed by atoms with van der Waals surface area (Å²) in [5.41, 5.74) is 0.782. The van der Waals surface area contributed by atoms with E-state index in [0.29, 0.717) is 12.5 Å². The lowest BCUT2D eigenvalue weighted by atomic mass is 9.95. The fraction of sp³-hybridized carbons (Fsp3) is 0.579. The SMILES string of the molecule is CC(C)C(C)NC(=O)C1CCN(CC(=O)Nc2ccccc2Br)CC1. The minimum absolute atomic E-state index is 0.0248. The molecule has 138 valence electrons. The van der Waals surface area contributed by atoms with Gasteiger partial charge in [-0.1, -0.05) is 26.0 Å². The summed E-state index contributed by atoms with van der Waals surface area (Å²) in [6.07, 6.45) is 1.61. The number of nitrogens with zero attached hydrogens (tertiary/aromatic N) is 1.